The fourth-order valence-electron chi connectivity index (χ4n) is 3.23. The van der Waals surface area contributed by atoms with Crippen molar-refractivity contribution in [1.29, 1.82) is 0 Å². The molecule has 0 saturated heterocycles. The molecular formula is C21H23N3O3S. The molecule has 0 unspecified atom stereocenters. The highest BCUT2D eigenvalue weighted by molar-refractivity contribution is 7.80. The van der Waals surface area contributed by atoms with Crippen LogP contribution in [0.3, 0.4) is 0 Å². The molecule has 0 saturated carbocycles. The van der Waals surface area contributed by atoms with Crippen molar-refractivity contribution < 1.29 is 14.3 Å². The van der Waals surface area contributed by atoms with E-state index in [0.29, 0.717) is 33.6 Å². The van der Waals surface area contributed by atoms with E-state index in [0.717, 1.165) is 11.1 Å². The second-order valence-corrected chi connectivity index (χ2v) is 6.86. The molecule has 3 N–H and O–H groups in total. The largest absolute Gasteiger partial charge is 0.497 e. The number of rotatable bonds is 5. The Hall–Kier alpha value is -3.06. The lowest BCUT2D eigenvalue weighted by atomic mass is 9.92. The van der Waals surface area contributed by atoms with Crippen molar-refractivity contribution in [2.24, 2.45) is 0 Å². The van der Waals surface area contributed by atoms with Gasteiger partial charge in [-0.2, -0.15) is 0 Å². The number of allylic oxidation sites excluding steroid dienone is 1. The van der Waals surface area contributed by atoms with E-state index in [4.69, 9.17) is 21.7 Å². The van der Waals surface area contributed by atoms with Crippen molar-refractivity contribution in [3.05, 3.63) is 64.9 Å². The number of benzene rings is 2. The summed E-state index contributed by atoms with van der Waals surface area (Å²) < 4.78 is 10.6. The van der Waals surface area contributed by atoms with Crippen LogP contribution in [0.4, 0.5) is 5.69 Å². The molecule has 0 fully saturated rings. The van der Waals surface area contributed by atoms with E-state index in [1.807, 2.05) is 38.1 Å². The van der Waals surface area contributed by atoms with Crippen molar-refractivity contribution in [1.82, 2.24) is 10.6 Å². The third-order valence-electron chi connectivity index (χ3n) is 4.67. The first-order valence-corrected chi connectivity index (χ1v) is 9.22. The Morgan fingerprint density at radius 1 is 1.11 bits per heavy atom. The molecular weight excluding hydrogens is 374 g/mol. The fraction of sp³-hybridized carbons (Fsp3) is 0.238. The van der Waals surface area contributed by atoms with Crippen LogP contribution in [0.15, 0.2) is 53.7 Å². The predicted octanol–water partition coefficient (Wildman–Crippen LogP) is 3.44. The van der Waals surface area contributed by atoms with Gasteiger partial charge in [0.2, 0.25) is 0 Å². The Morgan fingerprint density at radius 2 is 1.86 bits per heavy atom. The molecule has 1 amide bonds. The number of carbonyl (C=O) groups excluding carboxylic acids is 1. The predicted molar refractivity (Wildman–Crippen MR) is 114 cm³/mol. The molecule has 0 radical (unpaired) electrons. The van der Waals surface area contributed by atoms with Gasteiger partial charge in [-0.25, -0.2) is 0 Å². The summed E-state index contributed by atoms with van der Waals surface area (Å²) in [4.78, 5) is 13.2. The van der Waals surface area contributed by atoms with Crippen molar-refractivity contribution in [2.75, 3.05) is 19.5 Å². The second kappa shape index (κ2) is 8.31. The molecule has 7 heteroatoms. The van der Waals surface area contributed by atoms with Crippen LogP contribution in [-0.4, -0.2) is 25.2 Å². The van der Waals surface area contributed by atoms with E-state index < -0.39 is 0 Å². The fourth-order valence-corrected chi connectivity index (χ4v) is 3.50. The van der Waals surface area contributed by atoms with Crippen LogP contribution in [0, 0.1) is 6.92 Å². The summed E-state index contributed by atoms with van der Waals surface area (Å²) in [6.45, 7) is 3.86. The number of methoxy groups -OCH3 is 2. The zero-order valence-corrected chi connectivity index (χ0v) is 17.1. The highest BCUT2D eigenvalue weighted by atomic mass is 32.1. The molecule has 1 aliphatic rings. The van der Waals surface area contributed by atoms with Gasteiger partial charge in [0.1, 0.15) is 11.5 Å². The van der Waals surface area contributed by atoms with Crippen molar-refractivity contribution in [2.45, 2.75) is 19.9 Å². The van der Waals surface area contributed by atoms with Crippen LogP contribution in [0.5, 0.6) is 11.5 Å². The van der Waals surface area contributed by atoms with Crippen LogP contribution in [0.25, 0.3) is 0 Å². The maximum absolute atomic E-state index is 13.2. The molecule has 6 nitrogen and oxygen atoms in total. The van der Waals surface area contributed by atoms with Gasteiger partial charge < -0.3 is 25.4 Å². The minimum Gasteiger partial charge on any atom is -0.497 e. The Labute approximate surface area is 169 Å². The Balaban J connectivity index is 1.97. The minimum atomic E-state index is -0.348. The monoisotopic (exact) mass is 397 g/mol. The van der Waals surface area contributed by atoms with Gasteiger partial charge in [0.05, 0.1) is 31.5 Å². The SMILES string of the molecule is COc1ccc(NC(=O)C2=C(C)NC(=S)N[C@@H]2c2ccccc2C)c(OC)c1. The number of nitrogens with one attached hydrogen (secondary N) is 3. The third-order valence-corrected chi connectivity index (χ3v) is 4.89. The normalized spacial score (nSPS) is 16.1. The van der Waals surface area contributed by atoms with Crippen molar-refractivity contribution in [3.8, 4) is 11.5 Å². The zero-order valence-electron chi connectivity index (χ0n) is 16.3. The number of amides is 1. The summed E-state index contributed by atoms with van der Waals surface area (Å²) in [5, 5.41) is 9.70. The molecule has 2 aromatic carbocycles. The molecule has 28 heavy (non-hydrogen) atoms. The van der Waals surface area contributed by atoms with E-state index in [1.54, 1.807) is 32.4 Å². The topological polar surface area (TPSA) is 71.6 Å². The van der Waals surface area contributed by atoms with Crippen molar-refractivity contribution >= 4 is 28.9 Å². The van der Waals surface area contributed by atoms with Crippen LogP contribution < -0.4 is 25.4 Å². The van der Waals surface area contributed by atoms with Gasteiger partial charge in [-0.3, -0.25) is 4.79 Å². The molecule has 0 spiro atoms. The van der Waals surface area contributed by atoms with Crippen LogP contribution in [0.1, 0.15) is 24.1 Å². The van der Waals surface area contributed by atoms with Gasteiger partial charge in [-0.15, -0.1) is 0 Å². The summed E-state index contributed by atoms with van der Waals surface area (Å²) in [6.07, 6.45) is 0. The number of hydrogen-bond acceptors (Lipinski definition) is 4. The van der Waals surface area contributed by atoms with Gasteiger partial charge in [-0.1, -0.05) is 24.3 Å². The number of aryl methyl sites for hydroxylation is 1. The summed E-state index contributed by atoms with van der Waals surface area (Å²) in [6, 6.07) is 12.8. The molecule has 0 aromatic heterocycles. The number of ether oxygens (including phenoxy) is 2. The molecule has 1 heterocycles. The third kappa shape index (κ3) is 3.94. The molecule has 0 aliphatic carbocycles. The highest BCUT2D eigenvalue weighted by Gasteiger charge is 2.31. The lowest BCUT2D eigenvalue weighted by molar-refractivity contribution is -0.113. The maximum atomic E-state index is 13.2. The highest BCUT2D eigenvalue weighted by Crippen LogP contribution is 2.33. The zero-order chi connectivity index (χ0) is 20.3. The Morgan fingerprint density at radius 3 is 2.54 bits per heavy atom. The Bertz CT molecular complexity index is 956. The van der Waals surface area contributed by atoms with E-state index >= 15 is 0 Å². The van der Waals surface area contributed by atoms with E-state index in [-0.39, 0.29) is 11.9 Å². The van der Waals surface area contributed by atoms with Gasteiger partial charge in [0, 0.05) is 11.8 Å². The van der Waals surface area contributed by atoms with Gasteiger partial charge in [0.25, 0.3) is 5.91 Å². The molecule has 146 valence electrons. The smallest absolute Gasteiger partial charge is 0.255 e. The lowest BCUT2D eigenvalue weighted by Gasteiger charge is -2.31. The summed E-state index contributed by atoms with van der Waals surface area (Å²) >= 11 is 5.32. The molecule has 1 atom stereocenters. The van der Waals surface area contributed by atoms with Crippen LogP contribution in [0.2, 0.25) is 0 Å². The number of anilines is 1. The maximum Gasteiger partial charge on any atom is 0.255 e. The summed E-state index contributed by atoms with van der Waals surface area (Å²) in [5.74, 6) is 0.928. The quantitative estimate of drug-likeness (QED) is 0.672. The van der Waals surface area contributed by atoms with E-state index in [2.05, 4.69) is 16.0 Å². The van der Waals surface area contributed by atoms with Gasteiger partial charge >= 0.3 is 0 Å². The first kappa shape index (κ1) is 19.7. The standard InChI is InChI=1S/C21H23N3O3S/c1-12-7-5-6-8-15(12)19-18(13(2)22-21(28)24-19)20(25)23-16-10-9-14(26-3)11-17(16)27-4/h5-11,19H,1-4H3,(H,23,25)(H2,22,24,28)/t19-/m1/s1. The van der Waals surface area contributed by atoms with Gasteiger partial charge in [0.15, 0.2) is 5.11 Å². The molecule has 0 bridgehead atoms. The number of carbonyl (C=O) groups is 1. The summed E-state index contributed by atoms with van der Waals surface area (Å²) in [7, 11) is 3.13. The Kier molecular flexibility index (Phi) is 5.84. The number of thiocarbonyl (C=S) groups is 1. The average Bonchev–Trinajstić information content (AvgIpc) is 2.67. The number of hydrogen-bond donors (Lipinski definition) is 3. The van der Waals surface area contributed by atoms with E-state index in [9.17, 15) is 4.79 Å². The molecule has 3 rings (SSSR count). The van der Waals surface area contributed by atoms with Crippen molar-refractivity contribution in [3.63, 3.8) is 0 Å². The van der Waals surface area contributed by atoms with Gasteiger partial charge in [-0.05, 0) is 49.3 Å². The van der Waals surface area contributed by atoms with Crippen LogP contribution in [-0.2, 0) is 4.79 Å². The minimum absolute atomic E-state index is 0.239. The average molecular weight is 398 g/mol. The summed E-state index contributed by atoms with van der Waals surface area (Å²) in [5.41, 5.74) is 3.91. The molecule has 2 aromatic rings. The molecule has 1 aliphatic heterocycles. The lowest BCUT2D eigenvalue weighted by Crippen LogP contribution is -2.46. The van der Waals surface area contributed by atoms with Crippen LogP contribution >= 0.6 is 12.2 Å². The first-order chi connectivity index (χ1) is 13.4. The second-order valence-electron chi connectivity index (χ2n) is 6.45. The first-order valence-electron chi connectivity index (χ1n) is 8.81. The van der Waals surface area contributed by atoms with E-state index in [1.165, 1.54) is 0 Å².